The number of alkyl halides is 6. The summed E-state index contributed by atoms with van der Waals surface area (Å²) < 4.78 is 84.3. The van der Waals surface area contributed by atoms with Crippen molar-refractivity contribution in [3.8, 4) is 0 Å². The average molecular weight is 461 g/mol. The van der Waals surface area contributed by atoms with Crippen LogP contribution in [-0.2, 0) is 17.1 Å². The number of pyridine rings is 1. The second-order valence-electron chi connectivity index (χ2n) is 8.33. The molecular formula is C22H25F6N3O. The van der Waals surface area contributed by atoms with E-state index in [1.165, 1.54) is 6.92 Å². The molecule has 0 aliphatic carbocycles. The molecule has 3 rings (SSSR count). The Hall–Kier alpha value is -2.33. The first-order valence-electron chi connectivity index (χ1n) is 10.2. The Labute approximate surface area is 182 Å². The molecule has 0 unspecified atom stereocenters. The van der Waals surface area contributed by atoms with Crippen LogP contribution in [0, 0.1) is 0 Å². The predicted molar refractivity (Wildman–Crippen MR) is 108 cm³/mol. The molecular weight excluding hydrogens is 436 g/mol. The van der Waals surface area contributed by atoms with Gasteiger partial charge in [-0.2, -0.15) is 26.3 Å². The van der Waals surface area contributed by atoms with E-state index in [4.69, 9.17) is 4.74 Å². The SMILES string of the molecule is C[C@@H](OC[C@@]1(C)CC[C@H](Nc2ccccn2)CN1)c1cc(C(F)(F)F)cc(C(F)(F)F)c1. The summed E-state index contributed by atoms with van der Waals surface area (Å²) in [5.41, 5.74) is -3.31. The van der Waals surface area contributed by atoms with Crippen LogP contribution in [-0.4, -0.2) is 29.7 Å². The molecule has 1 aromatic heterocycles. The minimum absolute atomic E-state index is 0.120. The highest BCUT2D eigenvalue weighted by Gasteiger charge is 2.38. The number of aromatic nitrogens is 1. The highest BCUT2D eigenvalue weighted by Crippen LogP contribution is 2.38. The van der Waals surface area contributed by atoms with Crippen LogP contribution in [0.3, 0.4) is 0 Å². The maximum Gasteiger partial charge on any atom is 0.416 e. The molecule has 0 saturated carbocycles. The lowest BCUT2D eigenvalue weighted by atomic mass is 9.89. The number of benzene rings is 1. The summed E-state index contributed by atoms with van der Waals surface area (Å²) in [7, 11) is 0. The molecule has 176 valence electrons. The Kier molecular flexibility index (Phi) is 7.04. The van der Waals surface area contributed by atoms with Gasteiger partial charge < -0.3 is 15.4 Å². The molecule has 10 heteroatoms. The maximum absolute atomic E-state index is 13.1. The maximum atomic E-state index is 13.1. The van der Waals surface area contributed by atoms with Gasteiger partial charge in [0.1, 0.15) is 5.82 Å². The molecule has 2 N–H and O–H groups in total. The minimum Gasteiger partial charge on any atom is -0.372 e. The molecule has 0 bridgehead atoms. The van der Waals surface area contributed by atoms with Gasteiger partial charge in [-0.25, -0.2) is 4.98 Å². The third-order valence-electron chi connectivity index (χ3n) is 5.57. The Morgan fingerprint density at radius 1 is 1.12 bits per heavy atom. The second-order valence-corrected chi connectivity index (χ2v) is 8.33. The van der Waals surface area contributed by atoms with Crippen LogP contribution in [0.2, 0.25) is 0 Å². The molecule has 0 spiro atoms. The number of ether oxygens (including phenoxy) is 1. The lowest BCUT2D eigenvalue weighted by Gasteiger charge is -2.39. The van der Waals surface area contributed by atoms with E-state index < -0.39 is 35.1 Å². The van der Waals surface area contributed by atoms with Crippen molar-refractivity contribution in [1.82, 2.24) is 10.3 Å². The zero-order chi connectivity index (χ0) is 23.6. The molecule has 32 heavy (non-hydrogen) atoms. The molecule has 0 radical (unpaired) electrons. The molecule has 1 fully saturated rings. The first kappa shape index (κ1) is 24.3. The van der Waals surface area contributed by atoms with E-state index >= 15 is 0 Å². The first-order valence-corrected chi connectivity index (χ1v) is 10.2. The van der Waals surface area contributed by atoms with E-state index in [1.54, 1.807) is 6.20 Å². The molecule has 4 nitrogen and oxygen atoms in total. The number of halogens is 6. The van der Waals surface area contributed by atoms with Crippen molar-refractivity contribution in [3.05, 3.63) is 59.3 Å². The Morgan fingerprint density at radius 2 is 1.78 bits per heavy atom. The summed E-state index contributed by atoms with van der Waals surface area (Å²) in [6.45, 7) is 4.13. The van der Waals surface area contributed by atoms with Crippen LogP contribution >= 0.6 is 0 Å². The third kappa shape index (κ3) is 6.35. The van der Waals surface area contributed by atoms with Gasteiger partial charge in [-0.15, -0.1) is 0 Å². The fourth-order valence-corrected chi connectivity index (χ4v) is 3.58. The van der Waals surface area contributed by atoms with Gasteiger partial charge in [-0.05, 0) is 62.6 Å². The zero-order valence-electron chi connectivity index (χ0n) is 17.6. The van der Waals surface area contributed by atoms with Crippen molar-refractivity contribution >= 4 is 5.82 Å². The molecule has 3 atom stereocenters. The highest BCUT2D eigenvalue weighted by molar-refractivity contribution is 5.35. The number of anilines is 1. The zero-order valence-corrected chi connectivity index (χ0v) is 17.6. The van der Waals surface area contributed by atoms with Crippen LogP contribution in [0.5, 0.6) is 0 Å². The summed E-state index contributed by atoms with van der Waals surface area (Å²) in [6, 6.07) is 7.25. The van der Waals surface area contributed by atoms with Crippen LogP contribution < -0.4 is 10.6 Å². The average Bonchev–Trinajstić information content (AvgIpc) is 2.73. The van der Waals surface area contributed by atoms with Gasteiger partial charge in [-0.3, -0.25) is 0 Å². The number of nitrogens with zero attached hydrogens (tertiary/aromatic N) is 1. The lowest BCUT2D eigenvalue weighted by molar-refractivity contribution is -0.143. The minimum atomic E-state index is -4.89. The molecule has 1 saturated heterocycles. The van der Waals surface area contributed by atoms with Gasteiger partial charge in [0, 0.05) is 24.3 Å². The van der Waals surface area contributed by atoms with Crippen LogP contribution in [0.25, 0.3) is 0 Å². The van der Waals surface area contributed by atoms with E-state index in [-0.39, 0.29) is 24.3 Å². The fourth-order valence-electron chi connectivity index (χ4n) is 3.58. The fraction of sp³-hybridized carbons (Fsp3) is 0.500. The standard InChI is InChI=1S/C22H25F6N3O/c1-14(15-9-16(21(23,24)25)11-17(10-15)22(26,27)28)32-13-20(2)7-6-18(12-30-20)31-19-5-3-4-8-29-19/h3-5,8-11,14,18,30H,6-7,12-13H2,1-2H3,(H,29,31)/t14-,18+,20-/m1/s1. The molecule has 1 aliphatic heterocycles. The van der Waals surface area contributed by atoms with Gasteiger partial charge in [0.15, 0.2) is 0 Å². The number of hydrogen-bond donors (Lipinski definition) is 2. The van der Waals surface area contributed by atoms with Crippen LogP contribution in [0.1, 0.15) is 49.5 Å². The van der Waals surface area contributed by atoms with Crippen molar-refractivity contribution in [3.63, 3.8) is 0 Å². The molecule has 2 aromatic rings. The van der Waals surface area contributed by atoms with Crippen molar-refractivity contribution in [2.45, 2.75) is 56.7 Å². The normalized spacial score (nSPS) is 23.1. The first-order chi connectivity index (χ1) is 14.9. The number of rotatable bonds is 6. The van der Waals surface area contributed by atoms with E-state index in [0.717, 1.165) is 12.2 Å². The molecule has 1 aromatic carbocycles. The predicted octanol–water partition coefficient (Wildman–Crippen LogP) is 5.82. The summed E-state index contributed by atoms with van der Waals surface area (Å²) >= 11 is 0. The Morgan fingerprint density at radius 3 is 2.28 bits per heavy atom. The Balaban J connectivity index is 1.62. The van der Waals surface area contributed by atoms with Gasteiger partial charge in [-0.1, -0.05) is 6.07 Å². The van der Waals surface area contributed by atoms with Gasteiger partial charge in [0.2, 0.25) is 0 Å². The van der Waals surface area contributed by atoms with E-state index in [0.29, 0.717) is 25.1 Å². The molecule has 1 aliphatic rings. The monoisotopic (exact) mass is 461 g/mol. The Bertz CT molecular complexity index is 861. The van der Waals surface area contributed by atoms with Crippen LogP contribution in [0.15, 0.2) is 42.6 Å². The summed E-state index contributed by atoms with van der Waals surface area (Å²) in [4.78, 5) is 4.23. The topological polar surface area (TPSA) is 46.2 Å². The smallest absolute Gasteiger partial charge is 0.372 e. The summed E-state index contributed by atoms with van der Waals surface area (Å²) in [5.74, 6) is 0.762. The van der Waals surface area contributed by atoms with E-state index in [1.807, 2.05) is 25.1 Å². The number of nitrogens with one attached hydrogen (secondary N) is 2. The molecule has 0 amide bonds. The van der Waals surface area contributed by atoms with E-state index in [2.05, 4.69) is 15.6 Å². The second kappa shape index (κ2) is 9.27. The third-order valence-corrected chi connectivity index (χ3v) is 5.57. The highest BCUT2D eigenvalue weighted by atomic mass is 19.4. The van der Waals surface area contributed by atoms with Crippen molar-refractivity contribution < 1.29 is 31.1 Å². The quantitative estimate of drug-likeness (QED) is 0.533. The molecule has 2 heterocycles. The van der Waals surface area contributed by atoms with Crippen molar-refractivity contribution in [2.75, 3.05) is 18.5 Å². The van der Waals surface area contributed by atoms with Gasteiger partial charge in [0.05, 0.1) is 23.8 Å². The van der Waals surface area contributed by atoms with Gasteiger partial charge in [0.25, 0.3) is 0 Å². The van der Waals surface area contributed by atoms with Gasteiger partial charge >= 0.3 is 12.4 Å². The lowest BCUT2D eigenvalue weighted by Crippen LogP contribution is -2.55. The van der Waals surface area contributed by atoms with E-state index in [9.17, 15) is 26.3 Å². The van der Waals surface area contributed by atoms with Crippen LogP contribution in [0.4, 0.5) is 32.2 Å². The summed E-state index contributed by atoms with van der Waals surface area (Å²) in [6.07, 6.45) is -7.51. The van der Waals surface area contributed by atoms with Crippen molar-refractivity contribution in [1.29, 1.82) is 0 Å². The summed E-state index contributed by atoms with van der Waals surface area (Å²) in [5, 5.41) is 6.69. The largest absolute Gasteiger partial charge is 0.416 e. The number of piperidine rings is 1. The number of hydrogen-bond acceptors (Lipinski definition) is 4. The van der Waals surface area contributed by atoms with Crippen molar-refractivity contribution in [2.24, 2.45) is 0 Å².